The maximum absolute atomic E-state index is 5.18. The number of nitrogens with zero attached hydrogens (tertiary/aromatic N) is 4. The van der Waals surface area contributed by atoms with Crippen molar-refractivity contribution in [3.8, 4) is 67.5 Å². The van der Waals surface area contributed by atoms with Gasteiger partial charge in [-0.25, -0.2) is 15.0 Å². The Balaban J connectivity index is 0.968. The van der Waals surface area contributed by atoms with E-state index in [0.717, 1.165) is 33.5 Å². The molecule has 2 aliphatic heterocycles. The highest BCUT2D eigenvalue weighted by Gasteiger charge is 2.55. The van der Waals surface area contributed by atoms with Gasteiger partial charge in [-0.1, -0.05) is 188 Å². The van der Waals surface area contributed by atoms with E-state index in [1.54, 1.807) is 0 Å². The molecule has 0 radical (unpaired) electrons. The van der Waals surface area contributed by atoms with Crippen LogP contribution in [0.3, 0.4) is 0 Å². The Bertz CT molecular complexity index is 3270. The lowest BCUT2D eigenvalue weighted by Gasteiger charge is -2.40. The normalized spacial score (nSPS) is 14.5. The van der Waals surface area contributed by atoms with Gasteiger partial charge in [-0.15, -0.1) is 0 Å². The van der Waals surface area contributed by atoms with E-state index in [2.05, 4.69) is 193 Å². The van der Waals surface area contributed by atoms with Gasteiger partial charge in [-0.2, -0.15) is 0 Å². The van der Waals surface area contributed by atoms with E-state index in [1.807, 2.05) is 24.3 Å². The highest BCUT2D eigenvalue weighted by atomic mass is 15.1. The summed E-state index contributed by atoms with van der Waals surface area (Å²) < 4.78 is 0. The quantitative estimate of drug-likeness (QED) is 0.167. The molecule has 4 nitrogen and oxygen atoms in total. The van der Waals surface area contributed by atoms with E-state index in [0.29, 0.717) is 17.5 Å². The SMILES string of the molecule is C1=C2C(=CB3c4ccccc4-c4cc(-c5nc(-c6ccccc6)nc(-c6ccc(-c7ccccc7)cc6)n5)ccc4N13)C1(c3ccccc32)c2ccccc2-c2ccccc21. The molecule has 2 aliphatic carbocycles. The molecule has 0 saturated carbocycles. The molecule has 282 valence electrons. The highest BCUT2D eigenvalue weighted by Crippen LogP contribution is 2.64. The Morgan fingerprint density at radius 1 is 0.377 bits per heavy atom. The van der Waals surface area contributed by atoms with Crippen LogP contribution in [0.25, 0.3) is 73.1 Å². The molecule has 1 spiro atoms. The molecule has 0 N–H and O–H groups in total. The molecule has 4 aliphatic rings. The van der Waals surface area contributed by atoms with Crippen molar-refractivity contribution in [1.82, 2.24) is 15.0 Å². The van der Waals surface area contributed by atoms with Gasteiger partial charge >= 0.3 is 6.85 Å². The van der Waals surface area contributed by atoms with Crippen molar-refractivity contribution < 1.29 is 0 Å². The topological polar surface area (TPSA) is 41.9 Å². The molecule has 0 fully saturated rings. The van der Waals surface area contributed by atoms with Crippen LogP contribution in [-0.2, 0) is 5.41 Å². The Morgan fingerprint density at radius 3 is 1.49 bits per heavy atom. The van der Waals surface area contributed by atoms with Crippen LogP contribution in [0.15, 0.2) is 218 Å². The Labute approximate surface area is 355 Å². The predicted octanol–water partition coefficient (Wildman–Crippen LogP) is 12.1. The van der Waals surface area contributed by atoms with Crippen molar-refractivity contribution in [3.63, 3.8) is 0 Å². The van der Waals surface area contributed by atoms with Crippen LogP contribution in [0.4, 0.5) is 5.69 Å². The third-order valence-corrected chi connectivity index (χ3v) is 13.2. The van der Waals surface area contributed by atoms with Gasteiger partial charge in [0.15, 0.2) is 17.5 Å². The molecule has 0 bridgehead atoms. The number of benzene rings is 8. The van der Waals surface area contributed by atoms with Gasteiger partial charge in [-0.3, -0.25) is 0 Å². The number of aromatic nitrogens is 3. The van der Waals surface area contributed by atoms with Crippen LogP contribution >= 0.6 is 0 Å². The fourth-order valence-corrected chi connectivity index (χ4v) is 10.5. The molecule has 9 aromatic rings. The summed E-state index contributed by atoms with van der Waals surface area (Å²) in [5.74, 6) is 4.50. The third kappa shape index (κ3) is 4.92. The third-order valence-electron chi connectivity index (χ3n) is 13.2. The number of allylic oxidation sites excluding steroid dienone is 2. The first kappa shape index (κ1) is 34.0. The zero-order valence-corrected chi connectivity index (χ0v) is 33.1. The van der Waals surface area contributed by atoms with Crippen molar-refractivity contribution >= 4 is 23.6 Å². The molecule has 13 rings (SSSR count). The van der Waals surface area contributed by atoms with Crippen molar-refractivity contribution in [3.05, 3.63) is 240 Å². The molecular formula is C56H35BN4. The molecule has 0 unspecified atom stereocenters. The summed E-state index contributed by atoms with van der Waals surface area (Å²) >= 11 is 0. The Morgan fingerprint density at radius 2 is 0.836 bits per heavy atom. The first-order valence-electron chi connectivity index (χ1n) is 21.0. The molecule has 0 saturated heterocycles. The summed E-state index contributed by atoms with van der Waals surface area (Å²) in [5, 5.41) is 0. The van der Waals surface area contributed by atoms with Gasteiger partial charge in [0.05, 0.1) is 5.41 Å². The lowest BCUT2D eigenvalue weighted by molar-refractivity contribution is 0.795. The van der Waals surface area contributed by atoms with Crippen LogP contribution in [0.2, 0.25) is 0 Å². The first-order chi connectivity index (χ1) is 30.2. The number of hydrogen-bond donors (Lipinski definition) is 0. The maximum Gasteiger partial charge on any atom is 0.321 e. The second-order valence-electron chi connectivity index (χ2n) is 16.3. The first-order valence-corrected chi connectivity index (χ1v) is 21.0. The van der Waals surface area contributed by atoms with Crippen LogP contribution in [0.5, 0.6) is 0 Å². The fraction of sp³-hybridized carbons (Fsp3) is 0.0179. The minimum atomic E-state index is -0.393. The summed E-state index contributed by atoms with van der Waals surface area (Å²) in [4.78, 5) is 17.9. The minimum Gasteiger partial charge on any atom is -0.382 e. The Hall–Kier alpha value is -7.89. The maximum atomic E-state index is 5.18. The van der Waals surface area contributed by atoms with Crippen LogP contribution in [-0.4, -0.2) is 21.8 Å². The van der Waals surface area contributed by atoms with Crippen molar-refractivity contribution in [1.29, 1.82) is 0 Å². The van der Waals surface area contributed by atoms with Crippen molar-refractivity contribution in [2.75, 3.05) is 4.81 Å². The summed E-state index contributed by atoms with van der Waals surface area (Å²) in [6.45, 7) is 0.00623. The molecule has 0 atom stereocenters. The summed E-state index contributed by atoms with van der Waals surface area (Å²) in [6, 6.07) is 71.9. The van der Waals surface area contributed by atoms with E-state index < -0.39 is 5.41 Å². The van der Waals surface area contributed by atoms with Crippen LogP contribution in [0.1, 0.15) is 22.3 Å². The molecule has 8 aromatic carbocycles. The van der Waals surface area contributed by atoms with Gasteiger partial charge < -0.3 is 4.81 Å². The van der Waals surface area contributed by atoms with Crippen molar-refractivity contribution in [2.24, 2.45) is 0 Å². The lowest BCUT2D eigenvalue weighted by atomic mass is 9.47. The highest BCUT2D eigenvalue weighted by molar-refractivity contribution is 6.84. The second-order valence-corrected chi connectivity index (χ2v) is 16.3. The van der Waals surface area contributed by atoms with Crippen molar-refractivity contribution in [2.45, 2.75) is 5.41 Å². The number of anilines is 1. The standard InChI is InChI=1S/C56H35BN4/c1-3-15-36(16-4-1)37-27-29-39(30-28-37)54-58-53(38-17-5-2-6-18-38)59-55(60-54)40-31-32-52-45(33-40)44-22-10-14-26-51(44)57-34-50-46(35-61(52)57)43-21-9-13-25-49(43)56(50)47-23-11-7-19-41(47)42-20-8-12-24-48(42)56/h1-35H. The number of rotatable bonds is 4. The van der Waals surface area contributed by atoms with Crippen LogP contribution < -0.4 is 10.3 Å². The second kappa shape index (κ2) is 13.1. The van der Waals surface area contributed by atoms with E-state index in [9.17, 15) is 0 Å². The van der Waals surface area contributed by atoms with Gasteiger partial charge in [0.1, 0.15) is 0 Å². The average Bonchev–Trinajstić information content (AvgIpc) is 3.81. The van der Waals surface area contributed by atoms with Gasteiger partial charge in [0, 0.05) is 39.7 Å². The smallest absolute Gasteiger partial charge is 0.321 e. The Kier molecular flexibility index (Phi) is 7.28. The van der Waals surface area contributed by atoms with E-state index in [4.69, 9.17) is 15.0 Å². The molecular weight excluding hydrogens is 739 g/mol. The molecule has 1 aromatic heterocycles. The average molecular weight is 775 g/mol. The molecule has 3 heterocycles. The van der Waals surface area contributed by atoms with E-state index >= 15 is 0 Å². The number of fused-ring (bicyclic) bond motifs is 16. The largest absolute Gasteiger partial charge is 0.382 e. The van der Waals surface area contributed by atoms with Crippen LogP contribution in [0, 0.1) is 0 Å². The molecule has 61 heavy (non-hydrogen) atoms. The molecule has 0 amide bonds. The number of hydrogen-bond acceptors (Lipinski definition) is 4. The zero-order valence-electron chi connectivity index (χ0n) is 33.1. The summed E-state index contributed by atoms with van der Waals surface area (Å²) in [7, 11) is 0. The van der Waals surface area contributed by atoms with Gasteiger partial charge in [0.2, 0.25) is 0 Å². The van der Waals surface area contributed by atoms with E-state index in [1.165, 1.54) is 61.1 Å². The van der Waals surface area contributed by atoms with Gasteiger partial charge in [-0.05, 0) is 79.3 Å². The summed E-state index contributed by atoms with van der Waals surface area (Å²) in [6.07, 6.45) is 2.43. The monoisotopic (exact) mass is 774 g/mol. The summed E-state index contributed by atoms with van der Waals surface area (Å²) in [5.41, 5.74) is 20.2. The lowest BCUT2D eigenvalue weighted by Crippen LogP contribution is -2.50. The molecule has 5 heteroatoms. The van der Waals surface area contributed by atoms with Gasteiger partial charge in [0.25, 0.3) is 0 Å². The predicted molar refractivity (Wildman–Crippen MR) is 249 cm³/mol. The fourth-order valence-electron chi connectivity index (χ4n) is 10.5. The van der Waals surface area contributed by atoms with E-state index in [-0.39, 0.29) is 6.85 Å². The minimum absolute atomic E-state index is 0.00623. The zero-order chi connectivity index (χ0) is 40.1.